The molecule has 0 aliphatic heterocycles. The summed E-state index contributed by atoms with van der Waals surface area (Å²) in [5.74, 6) is 32.7. The second-order valence-electron chi connectivity index (χ2n) is 30.8. The zero-order valence-corrected chi connectivity index (χ0v) is 86.6. The molecule has 0 N–H and O–H groups in total. The van der Waals surface area contributed by atoms with Gasteiger partial charge in [-0.25, -0.2) is 33.6 Å². The zero-order valence-electron chi connectivity index (χ0n) is 84.4. The van der Waals surface area contributed by atoms with Crippen LogP contribution in [-0.2, 0) is 133 Å². The molecule has 0 aliphatic rings. The summed E-state index contributed by atoms with van der Waals surface area (Å²) in [6, 6.07) is 34.9. The number of rotatable bonds is 70. The maximum absolute atomic E-state index is 14.3. The van der Waals surface area contributed by atoms with Crippen LogP contribution in [0.15, 0.2) is 133 Å². The third-order valence-corrected chi connectivity index (χ3v) is 19.9. The SMILES string of the molecule is COCCOCCOCCOC(=O)c1cc(I)cc(C#Cc2cc(C#Cc3cc(C#Cc4cc(C#Cc5cc(C#Cc6cc(C#Cc7cccc(C(=O)OCC(C)OCCOCCOC)c7)cc(C(=O)OCCOCCOCCOC)c6)cc(C(=O)OCCOCCOCCOC)c5)cc(C(=O)OCCOCCOCCOC)c4)cc(C(=O)OCCOCCOCCOC)c3)cc(C(=O)OCCOCCOCCOC)c2)c1. The van der Waals surface area contributed by atoms with Gasteiger partial charge in [-0.3, -0.25) is 0 Å². The van der Waals surface area contributed by atoms with Gasteiger partial charge < -0.3 is 133 Å². The maximum Gasteiger partial charge on any atom is 0.338 e. The van der Waals surface area contributed by atoms with E-state index in [1.165, 1.54) is 54.6 Å². The van der Waals surface area contributed by atoms with Crippen molar-refractivity contribution in [2.75, 3.05) is 321 Å². The topological polar surface area (TPSA) is 378 Å². The Labute approximate surface area is 873 Å². The Morgan fingerprint density at radius 3 is 0.585 bits per heavy atom. The summed E-state index contributed by atoms with van der Waals surface area (Å²) >= 11 is 2.08. The molecule has 0 bridgehead atoms. The number of methoxy groups -OCH3 is 7. The largest absolute Gasteiger partial charge is 0.460 e. The Balaban J connectivity index is 1.31. The molecule has 790 valence electrons. The lowest BCUT2D eigenvalue weighted by molar-refractivity contribution is -0.0269. The Bertz CT molecular complexity index is 5570. The zero-order chi connectivity index (χ0) is 105. The lowest BCUT2D eigenvalue weighted by Crippen LogP contribution is -2.21. The summed E-state index contributed by atoms with van der Waals surface area (Å²) in [5, 5.41) is 0. The highest BCUT2D eigenvalue weighted by molar-refractivity contribution is 14.1. The molecule has 7 aromatic carbocycles. The minimum atomic E-state index is -0.768. The molecule has 0 fully saturated rings. The van der Waals surface area contributed by atoms with Crippen molar-refractivity contribution in [3.63, 3.8) is 0 Å². The van der Waals surface area contributed by atoms with Crippen LogP contribution < -0.4 is 0 Å². The van der Waals surface area contributed by atoms with Gasteiger partial charge in [-0.15, -0.1) is 0 Å². The second kappa shape index (κ2) is 77.5. The normalized spacial score (nSPS) is 10.9. The van der Waals surface area contributed by atoms with E-state index in [1.807, 2.05) is 0 Å². The Kier molecular flexibility index (Phi) is 64.3. The van der Waals surface area contributed by atoms with Crippen LogP contribution in [0.4, 0.5) is 0 Å². The van der Waals surface area contributed by atoms with Crippen molar-refractivity contribution in [2.24, 2.45) is 0 Å². The van der Waals surface area contributed by atoms with E-state index >= 15 is 0 Å². The Morgan fingerprint density at radius 2 is 0.367 bits per heavy atom. The van der Waals surface area contributed by atoms with Crippen LogP contribution in [-0.4, -0.2) is 369 Å². The molecule has 36 heteroatoms. The molecular weight excluding hydrogens is 2020 g/mol. The summed E-state index contributed by atoms with van der Waals surface area (Å²) in [6.45, 7) is 10.8. The van der Waals surface area contributed by atoms with Crippen LogP contribution in [0.2, 0.25) is 0 Å². The molecule has 0 aromatic heterocycles. The van der Waals surface area contributed by atoms with E-state index in [-0.39, 0.29) is 218 Å². The monoisotopic (exact) mass is 2150 g/mol. The van der Waals surface area contributed by atoms with Gasteiger partial charge in [-0.05, 0) is 157 Å². The fourth-order valence-corrected chi connectivity index (χ4v) is 12.8. The van der Waals surface area contributed by atoms with E-state index in [4.69, 9.17) is 133 Å². The van der Waals surface area contributed by atoms with E-state index < -0.39 is 47.9 Å². The molecule has 0 heterocycles. The van der Waals surface area contributed by atoms with Crippen molar-refractivity contribution in [3.05, 3.63) is 243 Å². The molecule has 7 aromatic rings. The smallest absolute Gasteiger partial charge is 0.338 e. The number of esters is 7. The summed E-state index contributed by atoms with van der Waals surface area (Å²) in [7, 11) is 11.0. The van der Waals surface area contributed by atoms with E-state index in [0.29, 0.717) is 162 Å². The van der Waals surface area contributed by atoms with Gasteiger partial charge in [-0.2, -0.15) is 0 Å². The van der Waals surface area contributed by atoms with Crippen molar-refractivity contribution >= 4 is 64.4 Å². The van der Waals surface area contributed by atoms with Gasteiger partial charge in [0.1, 0.15) is 46.2 Å². The highest BCUT2D eigenvalue weighted by Gasteiger charge is 2.20. The minimum Gasteiger partial charge on any atom is -0.460 e. The van der Waals surface area contributed by atoms with E-state index in [9.17, 15) is 33.6 Å². The number of hydrogen-bond donors (Lipinski definition) is 0. The summed E-state index contributed by atoms with van der Waals surface area (Å²) in [5.41, 5.74) is 4.41. The van der Waals surface area contributed by atoms with Crippen molar-refractivity contribution in [1.82, 2.24) is 0 Å². The fraction of sp³-hybridized carbons (Fsp3) is 0.450. The van der Waals surface area contributed by atoms with E-state index in [2.05, 4.69) is 93.6 Å². The minimum absolute atomic E-state index is 0.0116. The lowest BCUT2D eigenvalue weighted by Gasteiger charge is -2.13. The fourth-order valence-electron chi connectivity index (χ4n) is 12.1. The average molecular weight is 2150 g/mol. The molecule has 0 saturated carbocycles. The Morgan fingerprint density at radius 1 is 0.197 bits per heavy atom. The van der Waals surface area contributed by atoms with Gasteiger partial charge in [0.2, 0.25) is 0 Å². The average Bonchev–Trinajstić information content (AvgIpc) is 0.849. The lowest BCUT2D eigenvalue weighted by atomic mass is 10.0. The molecule has 0 spiro atoms. The number of carbonyl (C=O) groups excluding carboxylic acids is 7. The van der Waals surface area contributed by atoms with Crippen LogP contribution in [0.1, 0.15) is 146 Å². The number of benzene rings is 7. The highest BCUT2D eigenvalue weighted by Crippen LogP contribution is 2.22. The first-order valence-electron chi connectivity index (χ1n) is 47.4. The summed E-state index contributed by atoms with van der Waals surface area (Å²) < 4.78 is 154. The molecule has 0 radical (unpaired) electrons. The molecule has 1 unspecified atom stereocenters. The first-order chi connectivity index (χ1) is 71.9. The number of ether oxygens (including phenoxy) is 28. The van der Waals surface area contributed by atoms with E-state index in [1.54, 1.807) is 136 Å². The van der Waals surface area contributed by atoms with Gasteiger partial charge in [0, 0.05) is 120 Å². The molecule has 1 atom stereocenters. The van der Waals surface area contributed by atoms with Crippen LogP contribution in [0.3, 0.4) is 0 Å². The van der Waals surface area contributed by atoms with Gasteiger partial charge >= 0.3 is 41.8 Å². The second-order valence-corrected chi connectivity index (χ2v) is 32.1. The number of hydrogen-bond acceptors (Lipinski definition) is 35. The van der Waals surface area contributed by atoms with Crippen LogP contribution in [0.25, 0.3) is 0 Å². The van der Waals surface area contributed by atoms with Crippen molar-refractivity contribution in [2.45, 2.75) is 13.0 Å². The molecule has 0 amide bonds. The van der Waals surface area contributed by atoms with E-state index in [0.717, 1.165) is 0 Å². The number of carbonyl (C=O) groups is 7. The van der Waals surface area contributed by atoms with Crippen molar-refractivity contribution in [3.8, 4) is 71.0 Å². The van der Waals surface area contributed by atoms with Gasteiger partial charge in [-0.1, -0.05) is 77.1 Å². The van der Waals surface area contributed by atoms with Gasteiger partial charge in [0.15, 0.2) is 0 Å². The van der Waals surface area contributed by atoms with Crippen LogP contribution in [0, 0.1) is 74.6 Å². The first-order valence-corrected chi connectivity index (χ1v) is 48.5. The Hall–Kier alpha value is -11.9. The first kappa shape index (κ1) is 122. The van der Waals surface area contributed by atoms with Crippen molar-refractivity contribution in [1.29, 1.82) is 0 Å². The standard InChI is InChI=1S/C111H129IO35/c1-84(140-57-50-133-37-30-126-8)83-147-105(113)97-11-9-10-85(69-97)12-13-86-64-87(71-98(70-86)106(114)141-58-51-134-44-38-127-31-24-120-2)14-15-88-65-89(73-99(72-88)107(115)142-59-52-135-45-39-128-32-25-121-3)16-17-90-66-91(75-100(74-90)108(116)143-60-53-136-46-40-129-33-26-122-4)18-19-92-67-93(77-101(76-92)109(117)144-61-54-137-47-41-130-34-27-123-5)20-21-94-68-95(79-102(78-94)110(118)145-62-55-138-48-42-131-35-28-124-6)22-23-96-80-103(82-104(112)81-96)111(119)146-63-56-139-49-43-132-36-29-125-7/h9-11,64-82,84H,24-63,83H2,1-8H3. The van der Waals surface area contributed by atoms with Gasteiger partial charge in [0.25, 0.3) is 0 Å². The molecular formula is C111H129IO35. The molecule has 35 nitrogen and oxygen atoms in total. The molecule has 147 heavy (non-hydrogen) atoms. The summed E-state index contributed by atoms with van der Waals surface area (Å²) in [4.78, 5) is 97.6. The van der Waals surface area contributed by atoms with Gasteiger partial charge in [0.05, 0.1) is 270 Å². The predicted octanol–water partition coefficient (Wildman–Crippen LogP) is 9.93. The number of halogens is 1. The quantitative estimate of drug-likeness (QED) is 0.0112. The maximum atomic E-state index is 14.3. The van der Waals surface area contributed by atoms with Crippen LogP contribution >= 0.6 is 22.6 Å². The van der Waals surface area contributed by atoms with Crippen LogP contribution in [0.5, 0.6) is 0 Å². The van der Waals surface area contributed by atoms with Crippen molar-refractivity contribution < 1.29 is 166 Å². The summed E-state index contributed by atoms with van der Waals surface area (Å²) in [6.07, 6.45) is -0.425. The molecule has 0 aliphatic carbocycles. The molecule has 7 rings (SSSR count). The predicted molar refractivity (Wildman–Crippen MR) is 545 cm³/mol. The molecule has 0 saturated heterocycles. The highest BCUT2D eigenvalue weighted by atomic mass is 127. The third-order valence-electron chi connectivity index (χ3n) is 19.3. The third kappa shape index (κ3) is 54.5.